The molecule has 0 bridgehead atoms. The van der Waals surface area contributed by atoms with Gasteiger partial charge in [-0.25, -0.2) is 0 Å². The van der Waals surface area contributed by atoms with Crippen LogP contribution in [0, 0.1) is 0 Å². The van der Waals surface area contributed by atoms with Crippen LogP contribution in [0.25, 0.3) is 0 Å². The fourth-order valence-corrected chi connectivity index (χ4v) is 1.90. The first kappa shape index (κ1) is 8.27. The fourth-order valence-electron chi connectivity index (χ4n) is 1.50. The summed E-state index contributed by atoms with van der Waals surface area (Å²) in [5.74, 6) is 0. The lowest BCUT2D eigenvalue weighted by molar-refractivity contribution is 0.0789. The largest absolute Gasteiger partial charge is 0.374 e. The molecule has 1 aromatic carbocycles. The minimum atomic E-state index is 0.0454. The van der Waals surface area contributed by atoms with Crippen molar-refractivity contribution in [2.45, 2.75) is 18.4 Å². The van der Waals surface area contributed by atoms with Crippen molar-refractivity contribution in [2.75, 3.05) is 7.11 Å². The highest BCUT2D eigenvalue weighted by atomic mass is 79.9. The zero-order chi connectivity index (χ0) is 8.60. The minimum Gasteiger partial charge on any atom is -0.374 e. The molecule has 0 heterocycles. The third-order valence-corrected chi connectivity index (χ3v) is 2.94. The first-order chi connectivity index (χ1) is 5.77. The van der Waals surface area contributed by atoms with Crippen LogP contribution >= 0.6 is 15.9 Å². The van der Waals surface area contributed by atoms with E-state index in [-0.39, 0.29) is 5.60 Å². The molecule has 2 rings (SSSR count). The molecule has 0 aromatic heterocycles. The Morgan fingerprint density at radius 1 is 1.42 bits per heavy atom. The summed E-state index contributed by atoms with van der Waals surface area (Å²) in [6, 6.07) is 8.35. The fraction of sp³-hybridized carbons (Fsp3) is 0.400. The molecule has 1 fully saturated rings. The van der Waals surface area contributed by atoms with Gasteiger partial charge in [0.2, 0.25) is 0 Å². The summed E-state index contributed by atoms with van der Waals surface area (Å²) >= 11 is 3.46. The van der Waals surface area contributed by atoms with E-state index in [2.05, 4.69) is 34.1 Å². The van der Waals surface area contributed by atoms with Crippen LogP contribution in [0.3, 0.4) is 0 Å². The van der Waals surface area contributed by atoms with Gasteiger partial charge >= 0.3 is 0 Å². The second-order valence-electron chi connectivity index (χ2n) is 3.21. The van der Waals surface area contributed by atoms with E-state index >= 15 is 0 Å². The highest BCUT2D eigenvalue weighted by Gasteiger charge is 2.44. The molecule has 0 N–H and O–H groups in total. The van der Waals surface area contributed by atoms with Crippen molar-refractivity contribution in [3.8, 4) is 0 Å². The normalized spacial score (nSPS) is 19.2. The van der Waals surface area contributed by atoms with Gasteiger partial charge in [0.25, 0.3) is 0 Å². The first-order valence-corrected chi connectivity index (χ1v) is 4.87. The zero-order valence-corrected chi connectivity index (χ0v) is 8.60. The number of hydrogen-bond acceptors (Lipinski definition) is 1. The maximum absolute atomic E-state index is 5.47. The van der Waals surface area contributed by atoms with Crippen LogP contribution in [0.15, 0.2) is 28.7 Å². The number of methoxy groups -OCH3 is 1. The molecule has 0 radical (unpaired) electrons. The van der Waals surface area contributed by atoms with Crippen LogP contribution in [-0.2, 0) is 10.3 Å². The summed E-state index contributed by atoms with van der Waals surface area (Å²) in [5, 5.41) is 0. The SMILES string of the molecule is COC1(c2cccc(Br)c2)CC1. The van der Waals surface area contributed by atoms with Gasteiger partial charge in [-0.2, -0.15) is 0 Å². The van der Waals surface area contributed by atoms with Gasteiger partial charge in [-0.15, -0.1) is 0 Å². The Kier molecular flexibility index (Phi) is 1.97. The highest BCUT2D eigenvalue weighted by molar-refractivity contribution is 9.10. The van der Waals surface area contributed by atoms with E-state index in [0.29, 0.717) is 0 Å². The van der Waals surface area contributed by atoms with Gasteiger partial charge in [-0.1, -0.05) is 28.1 Å². The smallest absolute Gasteiger partial charge is 0.0930 e. The van der Waals surface area contributed by atoms with Gasteiger partial charge < -0.3 is 4.74 Å². The van der Waals surface area contributed by atoms with Crippen molar-refractivity contribution in [1.29, 1.82) is 0 Å². The molecule has 1 nitrogen and oxygen atoms in total. The molecule has 0 unspecified atom stereocenters. The molecular weight excluding hydrogens is 216 g/mol. The Bertz CT molecular complexity index is 292. The number of ether oxygens (including phenoxy) is 1. The van der Waals surface area contributed by atoms with Crippen LogP contribution in [-0.4, -0.2) is 7.11 Å². The minimum absolute atomic E-state index is 0.0454. The second-order valence-corrected chi connectivity index (χ2v) is 4.12. The van der Waals surface area contributed by atoms with Gasteiger partial charge in [0, 0.05) is 11.6 Å². The van der Waals surface area contributed by atoms with Crippen molar-refractivity contribution >= 4 is 15.9 Å². The molecule has 1 aromatic rings. The Balaban J connectivity index is 2.34. The maximum atomic E-state index is 5.47. The van der Waals surface area contributed by atoms with Crippen molar-refractivity contribution in [3.05, 3.63) is 34.3 Å². The standard InChI is InChI=1S/C10H11BrO/c1-12-10(5-6-10)8-3-2-4-9(11)7-8/h2-4,7H,5-6H2,1H3. The molecule has 12 heavy (non-hydrogen) atoms. The van der Waals surface area contributed by atoms with Crippen molar-refractivity contribution < 1.29 is 4.74 Å². The molecule has 2 heteroatoms. The van der Waals surface area contributed by atoms with Gasteiger partial charge in [-0.05, 0) is 30.5 Å². The van der Waals surface area contributed by atoms with E-state index in [1.165, 1.54) is 5.56 Å². The van der Waals surface area contributed by atoms with Crippen LogP contribution in [0.5, 0.6) is 0 Å². The van der Waals surface area contributed by atoms with Crippen molar-refractivity contribution in [3.63, 3.8) is 0 Å². The maximum Gasteiger partial charge on any atom is 0.0930 e. The third-order valence-electron chi connectivity index (χ3n) is 2.45. The number of halogens is 1. The molecule has 0 amide bonds. The Morgan fingerprint density at radius 3 is 2.67 bits per heavy atom. The summed E-state index contributed by atoms with van der Waals surface area (Å²) < 4.78 is 6.60. The summed E-state index contributed by atoms with van der Waals surface area (Å²) in [6.07, 6.45) is 2.31. The van der Waals surface area contributed by atoms with E-state index in [1.54, 1.807) is 7.11 Å². The summed E-state index contributed by atoms with van der Waals surface area (Å²) in [4.78, 5) is 0. The molecule has 1 aliphatic carbocycles. The van der Waals surface area contributed by atoms with Crippen molar-refractivity contribution in [2.24, 2.45) is 0 Å². The average Bonchev–Trinajstić information content (AvgIpc) is 2.84. The molecule has 64 valence electrons. The lowest BCUT2D eigenvalue weighted by atomic mass is 10.1. The van der Waals surface area contributed by atoms with Gasteiger partial charge in [0.1, 0.15) is 0 Å². The third kappa shape index (κ3) is 1.29. The highest BCUT2D eigenvalue weighted by Crippen LogP contribution is 2.48. The van der Waals surface area contributed by atoms with E-state index < -0.39 is 0 Å². The molecule has 1 aliphatic rings. The van der Waals surface area contributed by atoms with Gasteiger partial charge in [0.05, 0.1) is 5.60 Å². The Morgan fingerprint density at radius 2 is 2.17 bits per heavy atom. The Labute approximate surface area is 80.9 Å². The Hall–Kier alpha value is -0.340. The first-order valence-electron chi connectivity index (χ1n) is 4.08. The average molecular weight is 227 g/mol. The predicted octanol–water partition coefficient (Wildman–Crippen LogP) is 3.08. The quantitative estimate of drug-likeness (QED) is 0.754. The van der Waals surface area contributed by atoms with E-state index in [4.69, 9.17) is 4.74 Å². The van der Waals surface area contributed by atoms with Crippen LogP contribution in [0.1, 0.15) is 18.4 Å². The molecule has 0 aliphatic heterocycles. The van der Waals surface area contributed by atoms with Crippen molar-refractivity contribution in [1.82, 2.24) is 0 Å². The van der Waals surface area contributed by atoms with E-state index in [1.807, 2.05) is 6.07 Å². The van der Waals surface area contributed by atoms with Gasteiger partial charge in [0.15, 0.2) is 0 Å². The van der Waals surface area contributed by atoms with E-state index in [0.717, 1.165) is 17.3 Å². The summed E-state index contributed by atoms with van der Waals surface area (Å²) in [7, 11) is 1.79. The summed E-state index contributed by atoms with van der Waals surface area (Å²) in [6.45, 7) is 0. The van der Waals surface area contributed by atoms with Gasteiger partial charge in [-0.3, -0.25) is 0 Å². The van der Waals surface area contributed by atoms with E-state index in [9.17, 15) is 0 Å². The molecule has 0 spiro atoms. The number of rotatable bonds is 2. The monoisotopic (exact) mass is 226 g/mol. The lowest BCUT2D eigenvalue weighted by Crippen LogP contribution is -2.08. The van der Waals surface area contributed by atoms with Crippen LogP contribution in [0.2, 0.25) is 0 Å². The molecule has 0 atom stereocenters. The van der Waals surface area contributed by atoms with Crippen LogP contribution in [0.4, 0.5) is 0 Å². The number of hydrogen-bond donors (Lipinski definition) is 0. The zero-order valence-electron chi connectivity index (χ0n) is 7.01. The summed E-state index contributed by atoms with van der Waals surface area (Å²) in [5.41, 5.74) is 1.34. The lowest BCUT2D eigenvalue weighted by Gasteiger charge is -2.13. The molecule has 1 saturated carbocycles. The topological polar surface area (TPSA) is 9.23 Å². The molecular formula is C10H11BrO. The van der Waals surface area contributed by atoms with Crippen LogP contribution < -0.4 is 0 Å². The predicted molar refractivity (Wildman–Crippen MR) is 52.1 cm³/mol. The molecule has 0 saturated heterocycles. The second kappa shape index (κ2) is 2.86. The number of benzene rings is 1.